The number of hydrogen-bond acceptors (Lipinski definition) is 7. The van der Waals surface area contributed by atoms with Gasteiger partial charge in [0.1, 0.15) is 18.1 Å². The second-order valence-corrected chi connectivity index (χ2v) is 6.42. The van der Waals surface area contributed by atoms with E-state index >= 15 is 0 Å². The van der Waals surface area contributed by atoms with E-state index in [2.05, 4.69) is 16.0 Å². The number of carbonyl (C=O) groups excluding carboxylic acids is 4. The molecule has 0 aliphatic rings. The molecule has 0 saturated carbocycles. The Morgan fingerprint density at radius 3 is 1.96 bits per heavy atom. The SMILES string of the molecule is CC(NC(=O)C(C)NC(=O)C(CCCCN)NC(=O)C(N)CC(N)=O)C(=O)O. The summed E-state index contributed by atoms with van der Waals surface area (Å²) < 4.78 is 0. The first-order chi connectivity index (χ1) is 13.0. The van der Waals surface area contributed by atoms with Crippen molar-refractivity contribution in [2.75, 3.05) is 6.54 Å². The molecule has 10 N–H and O–H groups in total. The van der Waals surface area contributed by atoms with Crippen molar-refractivity contribution in [1.82, 2.24) is 16.0 Å². The molecular formula is C16H30N6O6. The van der Waals surface area contributed by atoms with Gasteiger partial charge in [-0.2, -0.15) is 0 Å². The molecule has 0 saturated heterocycles. The number of amides is 4. The van der Waals surface area contributed by atoms with Crippen molar-refractivity contribution in [3.63, 3.8) is 0 Å². The van der Waals surface area contributed by atoms with E-state index in [4.69, 9.17) is 22.3 Å². The topological polar surface area (TPSA) is 220 Å². The van der Waals surface area contributed by atoms with Crippen LogP contribution in [0.25, 0.3) is 0 Å². The van der Waals surface area contributed by atoms with Crippen molar-refractivity contribution in [2.45, 2.75) is 63.7 Å². The molecule has 0 aliphatic carbocycles. The van der Waals surface area contributed by atoms with Gasteiger partial charge >= 0.3 is 5.97 Å². The molecular weight excluding hydrogens is 372 g/mol. The Bertz CT molecular complexity index is 584. The Morgan fingerprint density at radius 2 is 1.46 bits per heavy atom. The molecule has 0 fully saturated rings. The summed E-state index contributed by atoms with van der Waals surface area (Å²) in [7, 11) is 0. The number of aliphatic carboxylic acids is 1. The van der Waals surface area contributed by atoms with Crippen molar-refractivity contribution >= 4 is 29.6 Å². The molecule has 12 nitrogen and oxygen atoms in total. The fourth-order valence-electron chi connectivity index (χ4n) is 2.13. The van der Waals surface area contributed by atoms with Gasteiger partial charge in [-0.1, -0.05) is 0 Å². The van der Waals surface area contributed by atoms with Gasteiger partial charge in [-0.15, -0.1) is 0 Å². The molecule has 4 unspecified atom stereocenters. The second kappa shape index (κ2) is 12.6. The number of nitrogens with one attached hydrogen (secondary N) is 3. The molecule has 160 valence electrons. The van der Waals surface area contributed by atoms with E-state index in [0.29, 0.717) is 19.4 Å². The van der Waals surface area contributed by atoms with Crippen molar-refractivity contribution in [3.05, 3.63) is 0 Å². The summed E-state index contributed by atoms with van der Waals surface area (Å²) >= 11 is 0. The Labute approximate surface area is 162 Å². The molecule has 0 rings (SSSR count). The molecule has 0 aliphatic heterocycles. The summed E-state index contributed by atoms with van der Waals surface area (Å²) in [4.78, 5) is 58.2. The maximum atomic E-state index is 12.5. The molecule has 0 aromatic rings. The number of hydrogen-bond donors (Lipinski definition) is 7. The lowest BCUT2D eigenvalue weighted by Gasteiger charge is -2.23. The Hall–Kier alpha value is -2.73. The number of rotatable bonds is 13. The Kier molecular flexibility index (Phi) is 11.4. The van der Waals surface area contributed by atoms with Gasteiger partial charge < -0.3 is 38.3 Å². The first kappa shape index (κ1) is 25.3. The fourth-order valence-corrected chi connectivity index (χ4v) is 2.13. The molecule has 12 heteroatoms. The lowest BCUT2D eigenvalue weighted by molar-refractivity contribution is -0.141. The van der Waals surface area contributed by atoms with Gasteiger partial charge in [0, 0.05) is 0 Å². The van der Waals surface area contributed by atoms with Crippen LogP contribution in [0.1, 0.15) is 39.5 Å². The average molecular weight is 402 g/mol. The number of carboxylic acid groups (broad SMARTS) is 1. The predicted octanol–water partition coefficient (Wildman–Crippen LogP) is -3.10. The molecule has 0 aromatic heterocycles. The number of carbonyl (C=O) groups is 5. The van der Waals surface area contributed by atoms with Gasteiger partial charge in [0.05, 0.1) is 12.5 Å². The van der Waals surface area contributed by atoms with Crippen LogP contribution in [0.5, 0.6) is 0 Å². The largest absolute Gasteiger partial charge is 0.480 e. The summed E-state index contributed by atoms with van der Waals surface area (Å²) in [5.41, 5.74) is 16.0. The van der Waals surface area contributed by atoms with E-state index in [1.165, 1.54) is 13.8 Å². The summed E-state index contributed by atoms with van der Waals surface area (Å²) in [5, 5.41) is 15.9. The van der Waals surface area contributed by atoms with E-state index in [-0.39, 0.29) is 12.8 Å². The molecule has 0 bridgehead atoms. The third-order valence-electron chi connectivity index (χ3n) is 3.82. The van der Waals surface area contributed by atoms with Crippen LogP contribution in [0.3, 0.4) is 0 Å². The van der Waals surface area contributed by atoms with Gasteiger partial charge in [-0.3, -0.25) is 24.0 Å². The molecule has 0 heterocycles. The summed E-state index contributed by atoms with van der Waals surface area (Å²) in [5.74, 6) is -4.06. The zero-order valence-corrected chi connectivity index (χ0v) is 16.1. The van der Waals surface area contributed by atoms with Gasteiger partial charge in [0.25, 0.3) is 0 Å². The van der Waals surface area contributed by atoms with Gasteiger partial charge in [-0.05, 0) is 39.7 Å². The molecule has 0 aromatic carbocycles. The first-order valence-electron chi connectivity index (χ1n) is 8.87. The first-order valence-corrected chi connectivity index (χ1v) is 8.87. The normalized spacial score (nSPS) is 14.9. The summed E-state index contributed by atoms with van der Waals surface area (Å²) in [6.07, 6.45) is 0.989. The summed E-state index contributed by atoms with van der Waals surface area (Å²) in [6, 6.07) is -4.38. The Morgan fingerprint density at radius 1 is 0.893 bits per heavy atom. The van der Waals surface area contributed by atoms with E-state index < -0.39 is 53.8 Å². The van der Waals surface area contributed by atoms with E-state index in [9.17, 15) is 24.0 Å². The van der Waals surface area contributed by atoms with Crippen LogP contribution in [0, 0.1) is 0 Å². The van der Waals surface area contributed by atoms with Crippen LogP contribution in [-0.2, 0) is 24.0 Å². The smallest absolute Gasteiger partial charge is 0.325 e. The van der Waals surface area contributed by atoms with Crippen molar-refractivity contribution in [2.24, 2.45) is 17.2 Å². The van der Waals surface area contributed by atoms with Crippen LogP contribution in [0.2, 0.25) is 0 Å². The number of primary amides is 1. The van der Waals surface area contributed by atoms with Gasteiger partial charge in [0.15, 0.2) is 0 Å². The zero-order chi connectivity index (χ0) is 21.9. The minimum Gasteiger partial charge on any atom is -0.480 e. The van der Waals surface area contributed by atoms with Crippen LogP contribution in [0.4, 0.5) is 0 Å². The van der Waals surface area contributed by atoms with Gasteiger partial charge in [-0.25, -0.2) is 0 Å². The number of nitrogens with two attached hydrogens (primary N) is 3. The average Bonchev–Trinajstić information content (AvgIpc) is 2.59. The van der Waals surface area contributed by atoms with Crippen LogP contribution >= 0.6 is 0 Å². The van der Waals surface area contributed by atoms with Crippen LogP contribution in [0.15, 0.2) is 0 Å². The lowest BCUT2D eigenvalue weighted by atomic mass is 10.1. The van der Waals surface area contributed by atoms with Crippen molar-refractivity contribution in [3.8, 4) is 0 Å². The van der Waals surface area contributed by atoms with E-state index in [0.717, 1.165) is 0 Å². The fraction of sp³-hybridized carbons (Fsp3) is 0.688. The second-order valence-electron chi connectivity index (χ2n) is 6.42. The zero-order valence-electron chi connectivity index (χ0n) is 16.1. The maximum Gasteiger partial charge on any atom is 0.325 e. The summed E-state index contributed by atoms with van der Waals surface area (Å²) in [6.45, 7) is 3.06. The quantitative estimate of drug-likeness (QED) is 0.156. The van der Waals surface area contributed by atoms with E-state index in [1.54, 1.807) is 0 Å². The lowest BCUT2D eigenvalue weighted by Crippen LogP contribution is -2.56. The number of carboxylic acids is 1. The van der Waals surface area contributed by atoms with Crippen molar-refractivity contribution in [1.29, 1.82) is 0 Å². The highest BCUT2D eigenvalue weighted by Gasteiger charge is 2.27. The van der Waals surface area contributed by atoms with Gasteiger partial charge in [0.2, 0.25) is 23.6 Å². The van der Waals surface area contributed by atoms with Crippen molar-refractivity contribution < 1.29 is 29.1 Å². The third-order valence-corrected chi connectivity index (χ3v) is 3.82. The molecule has 28 heavy (non-hydrogen) atoms. The molecule has 4 amide bonds. The standard InChI is InChI=1S/C16H30N6O6/c1-8(13(24)21-9(2)16(27)28)20-15(26)11(5-3-4-6-17)22-14(25)10(18)7-12(19)23/h8-11H,3-7,17-18H2,1-2H3,(H2,19,23)(H,20,26)(H,21,24)(H,22,25)(H,27,28). The minimum atomic E-state index is -1.22. The highest BCUT2D eigenvalue weighted by Crippen LogP contribution is 2.03. The molecule has 0 radical (unpaired) electrons. The predicted molar refractivity (Wildman–Crippen MR) is 99.5 cm³/mol. The van der Waals surface area contributed by atoms with Crippen LogP contribution < -0.4 is 33.2 Å². The minimum absolute atomic E-state index is 0.234. The maximum absolute atomic E-state index is 12.5. The van der Waals surface area contributed by atoms with E-state index in [1.807, 2.05) is 0 Å². The molecule has 0 spiro atoms. The molecule has 4 atom stereocenters. The van der Waals surface area contributed by atoms with Crippen LogP contribution in [-0.4, -0.2) is 65.4 Å². The Balaban J connectivity index is 4.95. The highest BCUT2D eigenvalue weighted by molar-refractivity contribution is 5.94. The third kappa shape index (κ3) is 9.83. The highest BCUT2D eigenvalue weighted by atomic mass is 16.4. The monoisotopic (exact) mass is 402 g/mol. The number of unbranched alkanes of at least 4 members (excludes halogenated alkanes) is 1.